The van der Waals surface area contributed by atoms with E-state index in [1.165, 1.54) is 7.11 Å². The van der Waals surface area contributed by atoms with E-state index >= 15 is 0 Å². The van der Waals surface area contributed by atoms with Crippen LogP contribution in [-0.2, 0) is 9.47 Å². The van der Waals surface area contributed by atoms with E-state index in [0.717, 1.165) is 25.3 Å². The summed E-state index contributed by atoms with van der Waals surface area (Å²) in [5.74, 6) is 0.506. The van der Waals surface area contributed by atoms with Gasteiger partial charge in [0.2, 0.25) is 5.76 Å². The van der Waals surface area contributed by atoms with Gasteiger partial charge in [0.25, 0.3) is 0 Å². The number of furan rings is 1. The van der Waals surface area contributed by atoms with Gasteiger partial charge in [0, 0.05) is 20.3 Å². The van der Waals surface area contributed by atoms with Crippen LogP contribution in [0.4, 0.5) is 0 Å². The Morgan fingerprint density at radius 2 is 2.10 bits per heavy atom. The van der Waals surface area contributed by atoms with E-state index in [9.17, 15) is 4.79 Å². The summed E-state index contributed by atoms with van der Waals surface area (Å²) in [4.78, 5) is 11.3. The first-order chi connectivity index (χ1) is 9.39. The Morgan fingerprint density at radius 1 is 1.40 bits per heavy atom. The number of rotatable bonds is 8. The SMILES string of the molecule is COCCC(C)(C)CNC(C)c1ccc(C(=O)OC)o1. The van der Waals surface area contributed by atoms with Gasteiger partial charge in [-0.1, -0.05) is 13.8 Å². The fourth-order valence-electron chi connectivity index (χ4n) is 1.79. The molecule has 0 bridgehead atoms. The molecule has 1 aromatic rings. The highest BCUT2D eigenvalue weighted by Crippen LogP contribution is 2.22. The van der Waals surface area contributed by atoms with Crippen LogP contribution < -0.4 is 5.32 Å². The van der Waals surface area contributed by atoms with E-state index in [4.69, 9.17) is 9.15 Å². The topological polar surface area (TPSA) is 60.7 Å². The average Bonchev–Trinajstić information content (AvgIpc) is 2.91. The second-order valence-electron chi connectivity index (χ2n) is 5.70. The number of carbonyl (C=O) groups is 1. The molecular weight excluding hydrogens is 258 g/mol. The van der Waals surface area contributed by atoms with Crippen molar-refractivity contribution in [2.75, 3.05) is 27.4 Å². The summed E-state index contributed by atoms with van der Waals surface area (Å²) in [7, 11) is 3.05. The lowest BCUT2D eigenvalue weighted by Crippen LogP contribution is -2.32. The molecule has 0 spiro atoms. The molecule has 0 aliphatic rings. The van der Waals surface area contributed by atoms with E-state index in [1.807, 2.05) is 6.92 Å². The molecule has 1 atom stereocenters. The van der Waals surface area contributed by atoms with Gasteiger partial charge in [0.05, 0.1) is 13.2 Å². The van der Waals surface area contributed by atoms with Crippen molar-refractivity contribution in [3.63, 3.8) is 0 Å². The van der Waals surface area contributed by atoms with E-state index in [1.54, 1.807) is 19.2 Å². The number of ether oxygens (including phenoxy) is 2. The maximum Gasteiger partial charge on any atom is 0.373 e. The third-order valence-electron chi connectivity index (χ3n) is 3.31. The Kier molecular flexibility index (Phi) is 6.23. The van der Waals surface area contributed by atoms with Crippen molar-refractivity contribution in [2.24, 2.45) is 5.41 Å². The minimum atomic E-state index is -0.455. The Hall–Kier alpha value is -1.33. The number of nitrogens with one attached hydrogen (secondary N) is 1. The molecule has 1 aromatic heterocycles. The molecule has 0 saturated heterocycles. The smallest absolute Gasteiger partial charge is 0.373 e. The number of esters is 1. The van der Waals surface area contributed by atoms with Crippen LogP contribution in [0.1, 0.15) is 49.5 Å². The molecule has 1 rings (SSSR count). The Labute approximate surface area is 120 Å². The molecular formula is C15H25NO4. The van der Waals surface area contributed by atoms with Crippen LogP contribution in [0.2, 0.25) is 0 Å². The molecule has 114 valence electrons. The highest BCUT2D eigenvalue weighted by Gasteiger charge is 2.20. The Balaban J connectivity index is 2.52. The number of hydrogen-bond acceptors (Lipinski definition) is 5. The molecule has 1 heterocycles. The first kappa shape index (κ1) is 16.7. The molecule has 0 radical (unpaired) electrons. The van der Waals surface area contributed by atoms with E-state index in [0.29, 0.717) is 0 Å². The monoisotopic (exact) mass is 283 g/mol. The molecule has 0 saturated carbocycles. The quantitative estimate of drug-likeness (QED) is 0.743. The zero-order valence-corrected chi connectivity index (χ0v) is 13.0. The molecule has 0 aliphatic carbocycles. The van der Waals surface area contributed by atoms with Crippen LogP contribution in [-0.4, -0.2) is 33.3 Å². The van der Waals surface area contributed by atoms with Gasteiger partial charge in [-0.25, -0.2) is 4.79 Å². The van der Waals surface area contributed by atoms with Crippen LogP contribution in [0.3, 0.4) is 0 Å². The van der Waals surface area contributed by atoms with E-state index in [-0.39, 0.29) is 17.2 Å². The lowest BCUT2D eigenvalue weighted by Gasteiger charge is -2.26. The highest BCUT2D eigenvalue weighted by atomic mass is 16.5. The summed E-state index contributed by atoms with van der Waals surface area (Å²) in [6.45, 7) is 7.97. The van der Waals surface area contributed by atoms with Crippen molar-refractivity contribution < 1.29 is 18.7 Å². The van der Waals surface area contributed by atoms with Gasteiger partial charge in [-0.3, -0.25) is 0 Å². The number of hydrogen-bond donors (Lipinski definition) is 1. The molecule has 5 nitrogen and oxygen atoms in total. The van der Waals surface area contributed by atoms with Crippen molar-refractivity contribution >= 4 is 5.97 Å². The summed E-state index contributed by atoms with van der Waals surface area (Å²) < 4.78 is 15.2. The molecule has 20 heavy (non-hydrogen) atoms. The minimum Gasteiger partial charge on any atom is -0.463 e. The van der Waals surface area contributed by atoms with Crippen molar-refractivity contribution in [2.45, 2.75) is 33.2 Å². The Morgan fingerprint density at radius 3 is 2.70 bits per heavy atom. The molecule has 1 unspecified atom stereocenters. The van der Waals surface area contributed by atoms with Crippen LogP contribution >= 0.6 is 0 Å². The number of carbonyl (C=O) groups excluding carboxylic acids is 1. The third kappa shape index (κ3) is 4.98. The largest absolute Gasteiger partial charge is 0.463 e. The zero-order valence-electron chi connectivity index (χ0n) is 13.0. The molecule has 0 aromatic carbocycles. The van der Waals surface area contributed by atoms with Gasteiger partial charge >= 0.3 is 5.97 Å². The Bertz CT molecular complexity index is 425. The second kappa shape index (κ2) is 7.45. The first-order valence-corrected chi connectivity index (χ1v) is 6.80. The highest BCUT2D eigenvalue weighted by molar-refractivity contribution is 5.86. The summed E-state index contributed by atoms with van der Waals surface area (Å²) in [6.07, 6.45) is 0.981. The van der Waals surface area contributed by atoms with Gasteiger partial charge in [-0.2, -0.15) is 0 Å². The standard InChI is InChI=1S/C15H25NO4/c1-11(16-10-15(2,3)8-9-18-4)12-6-7-13(20-12)14(17)19-5/h6-7,11,16H,8-10H2,1-5H3. The minimum absolute atomic E-state index is 0.0372. The van der Waals surface area contributed by atoms with Crippen LogP contribution in [0.15, 0.2) is 16.5 Å². The van der Waals surface area contributed by atoms with Gasteiger partial charge in [-0.05, 0) is 30.9 Å². The van der Waals surface area contributed by atoms with Crippen molar-refractivity contribution in [1.82, 2.24) is 5.32 Å². The van der Waals surface area contributed by atoms with Crippen LogP contribution in [0.25, 0.3) is 0 Å². The summed E-state index contributed by atoms with van der Waals surface area (Å²) in [5, 5.41) is 3.42. The second-order valence-corrected chi connectivity index (χ2v) is 5.70. The lowest BCUT2D eigenvalue weighted by molar-refractivity contribution is 0.0562. The van der Waals surface area contributed by atoms with Gasteiger partial charge in [-0.15, -0.1) is 0 Å². The fourth-order valence-corrected chi connectivity index (χ4v) is 1.79. The van der Waals surface area contributed by atoms with Gasteiger partial charge < -0.3 is 19.2 Å². The molecule has 0 aliphatic heterocycles. The summed E-state index contributed by atoms with van der Waals surface area (Å²) >= 11 is 0. The normalized spacial score (nSPS) is 13.2. The predicted molar refractivity (Wildman–Crippen MR) is 76.7 cm³/mol. The predicted octanol–water partition coefficient (Wildman–Crippen LogP) is 2.78. The van der Waals surface area contributed by atoms with Crippen molar-refractivity contribution in [1.29, 1.82) is 0 Å². The molecule has 1 N–H and O–H groups in total. The van der Waals surface area contributed by atoms with E-state index < -0.39 is 5.97 Å². The molecule has 0 amide bonds. The van der Waals surface area contributed by atoms with E-state index in [2.05, 4.69) is 23.9 Å². The fraction of sp³-hybridized carbons (Fsp3) is 0.667. The summed E-state index contributed by atoms with van der Waals surface area (Å²) in [6, 6.07) is 3.47. The average molecular weight is 283 g/mol. The lowest BCUT2D eigenvalue weighted by atomic mass is 9.89. The summed E-state index contributed by atoms with van der Waals surface area (Å²) in [5.41, 5.74) is 0.141. The van der Waals surface area contributed by atoms with Crippen molar-refractivity contribution in [3.05, 3.63) is 23.7 Å². The third-order valence-corrected chi connectivity index (χ3v) is 3.31. The van der Waals surface area contributed by atoms with Gasteiger partial charge in [0.15, 0.2) is 0 Å². The zero-order chi connectivity index (χ0) is 15.2. The maximum absolute atomic E-state index is 11.3. The maximum atomic E-state index is 11.3. The van der Waals surface area contributed by atoms with Crippen LogP contribution in [0.5, 0.6) is 0 Å². The first-order valence-electron chi connectivity index (χ1n) is 6.80. The van der Waals surface area contributed by atoms with Crippen molar-refractivity contribution in [3.8, 4) is 0 Å². The molecule has 0 fully saturated rings. The molecule has 5 heteroatoms. The number of methoxy groups -OCH3 is 2. The van der Waals surface area contributed by atoms with Crippen LogP contribution in [0, 0.1) is 5.41 Å². The van der Waals surface area contributed by atoms with Gasteiger partial charge in [0.1, 0.15) is 5.76 Å².